The van der Waals surface area contributed by atoms with Gasteiger partial charge in [0.1, 0.15) is 34.7 Å². The zero-order valence-electron chi connectivity index (χ0n) is 14.5. The molecular weight excluding hydrogens is 388 g/mol. The summed E-state index contributed by atoms with van der Waals surface area (Å²) in [7, 11) is 0. The standard InChI is InChI=1S/C21H10F4N2O2/c22-10-4-5-11(16(25)8-10)13-9-17(21(28)29)27-19-12(13)6-7-26-20(19)18-14(23)2-1-3-15(18)24/h1-9H,(H,28,29). The van der Waals surface area contributed by atoms with E-state index in [-0.39, 0.29) is 27.7 Å². The molecule has 0 atom stereocenters. The first-order valence-corrected chi connectivity index (χ1v) is 8.29. The smallest absolute Gasteiger partial charge is 0.354 e. The molecule has 0 unspecified atom stereocenters. The van der Waals surface area contributed by atoms with Gasteiger partial charge in [0.05, 0.1) is 11.1 Å². The van der Waals surface area contributed by atoms with Crippen LogP contribution in [0.15, 0.2) is 54.7 Å². The Hall–Kier alpha value is -3.81. The Bertz CT molecular complexity index is 1270. The Balaban J connectivity index is 2.13. The lowest BCUT2D eigenvalue weighted by molar-refractivity contribution is 0.0691. The third-order valence-electron chi connectivity index (χ3n) is 4.37. The summed E-state index contributed by atoms with van der Waals surface area (Å²) in [6, 6.07) is 8.58. The van der Waals surface area contributed by atoms with Crippen molar-refractivity contribution in [1.29, 1.82) is 0 Å². The summed E-state index contributed by atoms with van der Waals surface area (Å²) in [6.45, 7) is 0. The topological polar surface area (TPSA) is 63.1 Å². The molecule has 0 saturated carbocycles. The third kappa shape index (κ3) is 3.18. The predicted octanol–water partition coefficient (Wildman–Crippen LogP) is 5.22. The number of carboxylic acids is 1. The van der Waals surface area contributed by atoms with Gasteiger partial charge in [0.15, 0.2) is 0 Å². The van der Waals surface area contributed by atoms with Crippen LogP contribution in [0.25, 0.3) is 33.3 Å². The van der Waals surface area contributed by atoms with E-state index in [1.807, 2.05) is 0 Å². The van der Waals surface area contributed by atoms with Crippen molar-refractivity contribution in [2.75, 3.05) is 0 Å². The summed E-state index contributed by atoms with van der Waals surface area (Å²) in [5.74, 6) is -4.99. The third-order valence-corrected chi connectivity index (χ3v) is 4.37. The maximum atomic E-state index is 14.4. The average molecular weight is 398 g/mol. The van der Waals surface area contributed by atoms with Crippen molar-refractivity contribution in [2.45, 2.75) is 0 Å². The molecule has 0 aliphatic rings. The Morgan fingerprint density at radius 3 is 2.24 bits per heavy atom. The van der Waals surface area contributed by atoms with Gasteiger partial charge in [0.25, 0.3) is 0 Å². The van der Waals surface area contributed by atoms with E-state index < -0.39 is 40.5 Å². The fourth-order valence-electron chi connectivity index (χ4n) is 3.10. The average Bonchev–Trinajstić information content (AvgIpc) is 2.67. The van der Waals surface area contributed by atoms with Crippen LogP contribution in [0.4, 0.5) is 17.6 Å². The van der Waals surface area contributed by atoms with Crippen molar-refractivity contribution in [3.05, 3.63) is 83.7 Å². The highest BCUT2D eigenvalue weighted by molar-refractivity contribution is 6.03. The van der Waals surface area contributed by atoms with Crippen molar-refractivity contribution >= 4 is 16.9 Å². The van der Waals surface area contributed by atoms with Gasteiger partial charge < -0.3 is 5.11 Å². The molecule has 4 aromatic rings. The molecule has 4 nitrogen and oxygen atoms in total. The Kier molecular flexibility index (Phi) is 4.46. The summed E-state index contributed by atoms with van der Waals surface area (Å²) in [5, 5.41) is 9.62. The van der Waals surface area contributed by atoms with Gasteiger partial charge in [-0.2, -0.15) is 0 Å². The number of aromatic carboxylic acids is 1. The van der Waals surface area contributed by atoms with Crippen LogP contribution in [0.5, 0.6) is 0 Å². The number of hydrogen-bond donors (Lipinski definition) is 1. The van der Waals surface area contributed by atoms with E-state index in [0.717, 1.165) is 30.3 Å². The molecule has 1 N–H and O–H groups in total. The van der Waals surface area contributed by atoms with Gasteiger partial charge in [0.2, 0.25) is 0 Å². The van der Waals surface area contributed by atoms with Crippen LogP contribution in [0.2, 0.25) is 0 Å². The first-order chi connectivity index (χ1) is 13.9. The van der Waals surface area contributed by atoms with Crippen molar-refractivity contribution in [2.24, 2.45) is 0 Å². The van der Waals surface area contributed by atoms with Gasteiger partial charge in [-0.3, -0.25) is 4.98 Å². The van der Waals surface area contributed by atoms with Gasteiger partial charge in [-0.1, -0.05) is 6.07 Å². The van der Waals surface area contributed by atoms with E-state index in [0.29, 0.717) is 6.07 Å². The van der Waals surface area contributed by atoms with Crippen molar-refractivity contribution < 1.29 is 27.5 Å². The largest absolute Gasteiger partial charge is 0.477 e. The first-order valence-electron chi connectivity index (χ1n) is 8.29. The molecule has 0 radical (unpaired) electrons. The molecule has 0 bridgehead atoms. The number of rotatable bonds is 3. The molecule has 0 fully saturated rings. The molecule has 0 spiro atoms. The quantitative estimate of drug-likeness (QED) is 0.481. The number of pyridine rings is 2. The monoisotopic (exact) mass is 398 g/mol. The molecule has 29 heavy (non-hydrogen) atoms. The summed E-state index contributed by atoms with van der Waals surface area (Å²) in [5.41, 5.74) is -1.35. The SMILES string of the molecule is O=C(O)c1cc(-c2ccc(F)cc2F)c2ccnc(-c3c(F)cccc3F)c2n1. The van der Waals surface area contributed by atoms with Gasteiger partial charge in [0, 0.05) is 23.2 Å². The maximum Gasteiger partial charge on any atom is 0.354 e. The normalized spacial score (nSPS) is 11.0. The van der Waals surface area contributed by atoms with Gasteiger partial charge in [-0.25, -0.2) is 27.3 Å². The van der Waals surface area contributed by atoms with E-state index in [1.54, 1.807) is 0 Å². The van der Waals surface area contributed by atoms with E-state index in [9.17, 15) is 27.5 Å². The Morgan fingerprint density at radius 1 is 0.862 bits per heavy atom. The highest BCUT2D eigenvalue weighted by Gasteiger charge is 2.21. The molecule has 2 heterocycles. The minimum Gasteiger partial charge on any atom is -0.477 e. The van der Waals surface area contributed by atoms with Gasteiger partial charge >= 0.3 is 5.97 Å². The molecule has 0 aliphatic heterocycles. The zero-order valence-corrected chi connectivity index (χ0v) is 14.5. The lowest BCUT2D eigenvalue weighted by Crippen LogP contribution is -2.04. The van der Waals surface area contributed by atoms with Crippen molar-refractivity contribution in [3.8, 4) is 22.4 Å². The number of carbonyl (C=O) groups is 1. The highest BCUT2D eigenvalue weighted by Crippen LogP contribution is 2.36. The number of benzene rings is 2. The molecule has 2 aromatic heterocycles. The summed E-state index contributed by atoms with van der Waals surface area (Å²) in [6.07, 6.45) is 1.25. The van der Waals surface area contributed by atoms with Gasteiger partial charge in [-0.15, -0.1) is 0 Å². The molecule has 8 heteroatoms. The first kappa shape index (κ1) is 18.5. The molecule has 0 saturated heterocycles. The number of halogens is 4. The van der Waals surface area contributed by atoms with Crippen LogP contribution >= 0.6 is 0 Å². The van der Waals surface area contributed by atoms with E-state index in [4.69, 9.17) is 0 Å². The predicted molar refractivity (Wildman–Crippen MR) is 97.2 cm³/mol. The van der Waals surface area contributed by atoms with Crippen LogP contribution in [-0.2, 0) is 0 Å². The molecule has 0 aliphatic carbocycles. The molecule has 2 aromatic carbocycles. The highest BCUT2D eigenvalue weighted by atomic mass is 19.1. The van der Waals surface area contributed by atoms with Gasteiger partial charge in [-0.05, 0) is 42.0 Å². The lowest BCUT2D eigenvalue weighted by atomic mass is 9.97. The van der Waals surface area contributed by atoms with Crippen LogP contribution in [0.3, 0.4) is 0 Å². The minimum atomic E-state index is -1.43. The molecule has 4 rings (SSSR count). The van der Waals surface area contributed by atoms with E-state index >= 15 is 0 Å². The summed E-state index contributed by atoms with van der Waals surface area (Å²) in [4.78, 5) is 19.5. The van der Waals surface area contributed by atoms with Crippen LogP contribution < -0.4 is 0 Å². The van der Waals surface area contributed by atoms with Crippen molar-refractivity contribution in [3.63, 3.8) is 0 Å². The van der Waals surface area contributed by atoms with E-state index in [2.05, 4.69) is 9.97 Å². The maximum absolute atomic E-state index is 14.4. The van der Waals surface area contributed by atoms with E-state index in [1.165, 1.54) is 18.3 Å². The number of carboxylic acid groups (broad SMARTS) is 1. The fourth-order valence-corrected chi connectivity index (χ4v) is 3.10. The number of nitrogens with zero attached hydrogens (tertiary/aromatic N) is 2. The molecule has 0 amide bonds. The second kappa shape index (κ2) is 6.97. The number of aromatic nitrogens is 2. The summed E-state index contributed by atoms with van der Waals surface area (Å²) < 4.78 is 56.4. The molecule has 144 valence electrons. The Labute approximate surface area is 161 Å². The number of hydrogen-bond acceptors (Lipinski definition) is 3. The Morgan fingerprint density at radius 2 is 1.59 bits per heavy atom. The summed E-state index contributed by atoms with van der Waals surface area (Å²) >= 11 is 0. The fraction of sp³-hybridized carbons (Fsp3) is 0. The zero-order chi connectivity index (χ0) is 20.7. The van der Waals surface area contributed by atoms with Crippen LogP contribution in [-0.4, -0.2) is 21.0 Å². The lowest BCUT2D eigenvalue weighted by Gasteiger charge is -2.12. The second-order valence-corrected chi connectivity index (χ2v) is 6.14. The van der Waals surface area contributed by atoms with Crippen LogP contribution in [0.1, 0.15) is 10.5 Å². The minimum absolute atomic E-state index is 0.0743. The number of fused-ring (bicyclic) bond motifs is 1. The van der Waals surface area contributed by atoms with Crippen molar-refractivity contribution in [1.82, 2.24) is 9.97 Å². The van der Waals surface area contributed by atoms with Crippen LogP contribution in [0, 0.1) is 23.3 Å². The second-order valence-electron chi connectivity index (χ2n) is 6.14. The molecular formula is C21H10F4N2O2.